The molecule has 2 amide bonds. The number of rotatable bonds is 6. The largest absolute Gasteiger partial charge is 0.481 e. The van der Waals surface area contributed by atoms with Gasteiger partial charge in [0.2, 0.25) is 5.91 Å². The van der Waals surface area contributed by atoms with Crippen molar-refractivity contribution in [2.75, 3.05) is 33.7 Å². The number of carboxylic acid groups (broad SMARTS) is 1. The number of nitrogens with zero attached hydrogens (tertiary/aromatic N) is 2. The summed E-state index contributed by atoms with van der Waals surface area (Å²) in [6.07, 6.45) is 3.48. The number of aliphatic carboxylic acids is 1. The van der Waals surface area contributed by atoms with Crippen molar-refractivity contribution in [1.29, 1.82) is 0 Å². The van der Waals surface area contributed by atoms with Crippen LogP contribution in [-0.2, 0) is 22.6 Å². The quantitative estimate of drug-likeness (QED) is 0.758. The standard InChI is InChI=1S/C22H31N3O4/c1-24(10-7-15-5-8-23-9-6-15)21(28)16-3-4-17-14-25(2)22(29)19(13-20(26)27)12-18(17)11-16/h3-4,11,15,19,23H,5-10,12-14H2,1-2H3,(H,26,27)/t19-/m1/s1. The van der Waals surface area contributed by atoms with Gasteiger partial charge in [-0.3, -0.25) is 14.4 Å². The highest BCUT2D eigenvalue weighted by molar-refractivity contribution is 5.94. The van der Waals surface area contributed by atoms with Crippen molar-refractivity contribution >= 4 is 17.8 Å². The summed E-state index contributed by atoms with van der Waals surface area (Å²) < 4.78 is 0. The smallest absolute Gasteiger partial charge is 0.304 e. The molecule has 3 rings (SSSR count). The maximum absolute atomic E-state index is 12.9. The molecule has 1 atom stereocenters. The number of amides is 2. The highest BCUT2D eigenvalue weighted by atomic mass is 16.4. The van der Waals surface area contributed by atoms with Crippen molar-refractivity contribution in [1.82, 2.24) is 15.1 Å². The average molecular weight is 402 g/mol. The molecule has 2 aliphatic rings. The molecule has 7 heteroatoms. The number of carbonyl (C=O) groups excluding carboxylic acids is 2. The molecule has 1 saturated heterocycles. The molecule has 1 aromatic rings. The number of fused-ring (bicyclic) bond motifs is 1. The Hall–Kier alpha value is -2.41. The number of carbonyl (C=O) groups is 3. The van der Waals surface area contributed by atoms with Gasteiger partial charge in [-0.1, -0.05) is 6.07 Å². The molecule has 158 valence electrons. The molecule has 1 fully saturated rings. The predicted molar refractivity (Wildman–Crippen MR) is 110 cm³/mol. The molecule has 0 bridgehead atoms. The van der Waals surface area contributed by atoms with Gasteiger partial charge in [0.15, 0.2) is 0 Å². The van der Waals surface area contributed by atoms with Crippen LogP contribution in [0.1, 0.15) is 47.2 Å². The van der Waals surface area contributed by atoms with Gasteiger partial charge in [0.25, 0.3) is 5.91 Å². The van der Waals surface area contributed by atoms with E-state index < -0.39 is 11.9 Å². The summed E-state index contributed by atoms with van der Waals surface area (Å²) in [4.78, 5) is 39.9. The Bertz CT molecular complexity index is 773. The summed E-state index contributed by atoms with van der Waals surface area (Å²) in [6.45, 7) is 3.27. The number of hydrogen-bond acceptors (Lipinski definition) is 4. The summed E-state index contributed by atoms with van der Waals surface area (Å²) in [5.41, 5.74) is 2.47. The van der Waals surface area contributed by atoms with Crippen molar-refractivity contribution in [2.24, 2.45) is 11.8 Å². The molecule has 0 aromatic heterocycles. The van der Waals surface area contributed by atoms with Crippen molar-refractivity contribution in [3.05, 3.63) is 34.9 Å². The second kappa shape index (κ2) is 9.39. The first-order valence-corrected chi connectivity index (χ1v) is 10.4. The van der Waals surface area contributed by atoms with E-state index in [-0.39, 0.29) is 18.2 Å². The van der Waals surface area contributed by atoms with Crippen LogP contribution in [0.3, 0.4) is 0 Å². The normalized spacial score (nSPS) is 20.1. The predicted octanol–water partition coefficient (Wildman–Crippen LogP) is 1.75. The lowest BCUT2D eigenvalue weighted by molar-refractivity contribution is -0.143. The lowest BCUT2D eigenvalue weighted by Crippen LogP contribution is -2.32. The van der Waals surface area contributed by atoms with Crippen LogP contribution in [0.15, 0.2) is 18.2 Å². The number of piperidine rings is 1. The minimum absolute atomic E-state index is 0.0274. The minimum Gasteiger partial charge on any atom is -0.481 e. The minimum atomic E-state index is -0.981. The number of benzene rings is 1. The molecule has 0 unspecified atom stereocenters. The van der Waals surface area contributed by atoms with E-state index in [4.69, 9.17) is 5.11 Å². The molecule has 2 heterocycles. The second-order valence-corrected chi connectivity index (χ2v) is 8.39. The third kappa shape index (κ3) is 5.35. The van der Waals surface area contributed by atoms with E-state index in [1.165, 1.54) is 0 Å². The summed E-state index contributed by atoms with van der Waals surface area (Å²) in [5.74, 6) is -1.10. The van der Waals surface area contributed by atoms with Crippen LogP contribution in [0.5, 0.6) is 0 Å². The van der Waals surface area contributed by atoms with Crippen molar-refractivity contribution in [3.63, 3.8) is 0 Å². The summed E-state index contributed by atoms with van der Waals surface area (Å²) >= 11 is 0. The Balaban J connectivity index is 1.70. The molecule has 2 N–H and O–H groups in total. The van der Waals surface area contributed by atoms with E-state index >= 15 is 0 Å². The van der Waals surface area contributed by atoms with Gasteiger partial charge in [-0.15, -0.1) is 0 Å². The third-order valence-corrected chi connectivity index (χ3v) is 6.15. The van der Waals surface area contributed by atoms with E-state index in [2.05, 4.69) is 5.32 Å². The van der Waals surface area contributed by atoms with E-state index in [1.807, 2.05) is 25.2 Å². The molecule has 7 nitrogen and oxygen atoms in total. The Morgan fingerprint density at radius 1 is 1.24 bits per heavy atom. The maximum atomic E-state index is 12.9. The van der Waals surface area contributed by atoms with E-state index in [9.17, 15) is 14.4 Å². The van der Waals surface area contributed by atoms with E-state index in [0.717, 1.165) is 50.0 Å². The van der Waals surface area contributed by atoms with Crippen LogP contribution in [0.4, 0.5) is 0 Å². The fraction of sp³-hybridized carbons (Fsp3) is 0.591. The molecular weight excluding hydrogens is 370 g/mol. The molecule has 0 spiro atoms. The molecule has 0 saturated carbocycles. The lowest BCUT2D eigenvalue weighted by Gasteiger charge is -2.25. The molecule has 0 radical (unpaired) electrons. The monoisotopic (exact) mass is 401 g/mol. The van der Waals surface area contributed by atoms with Crippen molar-refractivity contribution in [3.8, 4) is 0 Å². The first-order chi connectivity index (χ1) is 13.8. The number of hydrogen-bond donors (Lipinski definition) is 2. The fourth-order valence-electron chi connectivity index (χ4n) is 4.34. The van der Waals surface area contributed by atoms with Gasteiger partial charge >= 0.3 is 5.97 Å². The topological polar surface area (TPSA) is 90.0 Å². The van der Waals surface area contributed by atoms with Gasteiger partial charge < -0.3 is 20.2 Å². The molecule has 2 aliphatic heterocycles. The van der Waals surface area contributed by atoms with Crippen LogP contribution in [0.25, 0.3) is 0 Å². The zero-order chi connectivity index (χ0) is 21.0. The molecular formula is C22H31N3O4. The van der Waals surface area contributed by atoms with Crippen molar-refractivity contribution in [2.45, 2.75) is 38.6 Å². The average Bonchev–Trinajstić information content (AvgIpc) is 2.82. The lowest BCUT2D eigenvalue weighted by atomic mass is 9.92. The van der Waals surface area contributed by atoms with Crippen LogP contribution in [0, 0.1) is 11.8 Å². The molecule has 29 heavy (non-hydrogen) atoms. The van der Waals surface area contributed by atoms with Gasteiger partial charge in [-0.25, -0.2) is 0 Å². The highest BCUT2D eigenvalue weighted by Gasteiger charge is 2.30. The van der Waals surface area contributed by atoms with Gasteiger partial charge in [0.05, 0.1) is 12.3 Å². The summed E-state index contributed by atoms with van der Waals surface area (Å²) in [5, 5.41) is 12.5. The first kappa shape index (κ1) is 21.3. The Morgan fingerprint density at radius 3 is 2.66 bits per heavy atom. The van der Waals surface area contributed by atoms with Crippen LogP contribution >= 0.6 is 0 Å². The first-order valence-electron chi connectivity index (χ1n) is 10.4. The van der Waals surface area contributed by atoms with Crippen molar-refractivity contribution < 1.29 is 19.5 Å². The highest BCUT2D eigenvalue weighted by Crippen LogP contribution is 2.26. The van der Waals surface area contributed by atoms with Crippen LogP contribution in [-0.4, -0.2) is 66.4 Å². The van der Waals surface area contributed by atoms with Crippen LogP contribution < -0.4 is 5.32 Å². The maximum Gasteiger partial charge on any atom is 0.304 e. The van der Waals surface area contributed by atoms with Gasteiger partial charge in [0, 0.05) is 32.7 Å². The Morgan fingerprint density at radius 2 is 1.97 bits per heavy atom. The molecule has 0 aliphatic carbocycles. The second-order valence-electron chi connectivity index (χ2n) is 8.39. The zero-order valence-electron chi connectivity index (χ0n) is 17.3. The van der Waals surface area contributed by atoms with Gasteiger partial charge in [0.1, 0.15) is 0 Å². The fourth-order valence-corrected chi connectivity index (χ4v) is 4.34. The molecule has 1 aromatic carbocycles. The Kier molecular flexibility index (Phi) is 6.90. The number of nitrogens with one attached hydrogen (secondary N) is 1. The summed E-state index contributed by atoms with van der Waals surface area (Å²) in [6, 6.07) is 5.56. The summed E-state index contributed by atoms with van der Waals surface area (Å²) in [7, 11) is 3.53. The van der Waals surface area contributed by atoms with E-state index in [0.29, 0.717) is 24.4 Å². The van der Waals surface area contributed by atoms with E-state index in [1.54, 1.807) is 16.8 Å². The van der Waals surface area contributed by atoms with Crippen LogP contribution in [0.2, 0.25) is 0 Å². The zero-order valence-corrected chi connectivity index (χ0v) is 17.3. The van der Waals surface area contributed by atoms with Gasteiger partial charge in [-0.2, -0.15) is 0 Å². The third-order valence-electron chi connectivity index (χ3n) is 6.15. The van der Waals surface area contributed by atoms with Gasteiger partial charge in [-0.05, 0) is 68.0 Å². The Labute approximate surface area is 172 Å². The number of carboxylic acids is 1. The SMILES string of the molecule is CN(CCC1CCNCC1)C(=O)c1ccc2c(c1)C[C@H](CC(=O)O)C(=O)N(C)C2.